The van der Waals surface area contributed by atoms with E-state index in [4.69, 9.17) is 11.6 Å². The molecule has 2 rings (SSSR count). The van der Waals surface area contributed by atoms with Crippen LogP contribution in [0.4, 0.5) is 5.82 Å². The molecular weight excluding hydrogens is 288 g/mol. The molecule has 1 fully saturated rings. The Balaban J connectivity index is 2.07. The van der Waals surface area contributed by atoms with E-state index in [0.717, 1.165) is 30.0 Å². The van der Waals surface area contributed by atoms with Crippen molar-refractivity contribution in [2.75, 3.05) is 25.0 Å². The summed E-state index contributed by atoms with van der Waals surface area (Å²) in [4.78, 5) is 22.7. The Hall–Kier alpha value is -1.36. The van der Waals surface area contributed by atoms with Gasteiger partial charge in [0, 0.05) is 25.1 Å². The van der Waals surface area contributed by atoms with Crippen LogP contribution >= 0.6 is 11.6 Å². The molecule has 0 atom stereocenters. The molecule has 1 N–H and O–H groups in total. The first-order valence-corrected chi connectivity index (χ1v) is 7.78. The van der Waals surface area contributed by atoms with Crippen molar-refractivity contribution >= 4 is 23.3 Å². The topological polar surface area (TPSA) is 58.1 Å². The van der Waals surface area contributed by atoms with Gasteiger partial charge in [0.05, 0.1) is 6.54 Å². The Bertz CT molecular complexity index is 529. The number of hydrogen-bond donors (Lipinski definition) is 1. The fraction of sp³-hybridized carbons (Fsp3) is 0.667. The highest BCUT2D eigenvalue weighted by Gasteiger charge is 2.28. The fourth-order valence-electron chi connectivity index (χ4n) is 2.05. The summed E-state index contributed by atoms with van der Waals surface area (Å²) >= 11 is 6.20. The Morgan fingerprint density at radius 1 is 1.43 bits per heavy atom. The van der Waals surface area contributed by atoms with Gasteiger partial charge in [0.15, 0.2) is 0 Å². The number of rotatable bonds is 6. The van der Waals surface area contributed by atoms with Crippen molar-refractivity contribution < 1.29 is 4.79 Å². The van der Waals surface area contributed by atoms with Gasteiger partial charge in [0.1, 0.15) is 16.8 Å². The van der Waals surface area contributed by atoms with Crippen molar-refractivity contribution in [2.24, 2.45) is 5.92 Å². The smallest absolute Gasteiger partial charge is 0.239 e. The van der Waals surface area contributed by atoms with E-state index in [1.165, 1.54) is 0 Å². The second-order valence-electron chi connectivity index (χ2n) is 6.15. The lowest BCUT2D eigenvalue weighted by molar-refractivity contribution is -0.119. The first-order chi connectivity index (χ1) is 9.88. The number of aromatic nitrogens is 2. The maximum Gasteiger partial charge on any atom is 0.239 e. The normalized spacial score (nSPS) is 14.4. The van der Waals surface area contributed by atoms with Crippen molar-refractivity contribution in [1.82, 2.24) is 15.3 Å². The standard InChI is InChI=1S/C15H23ClN4O/c1-9(2)7-17-12(21)8-20(4)15-10(3)13(16)18-14(19-15)11-5-6-11/h9,11H,5-8H2,1-4H3,(H,17,21). The van der Waals surface area contributed by atoms with Crippen molar-refractivity contribution in [3.05, 3.63) is 16.5 Å². The van der Waals surface area contributed by atoms with E-state index in [2.05, 4.69) is 29.1 Å². The van der Waals surface area contributed by atoms with Crippen LogP contribution in [0.25, 0.3) is 0 Å². The Kier molecular flexibility index (Phi) is 5.04. The van der Waals surface area contributed by atoms with E-state index in [1.807, 2.05) is 18.9 Å². The van der Waals surface area contributed by atoms with Gasteiger partial charge >= 0.3 is 0 Å². The number of nitrogens with one attached hydrogen (secondary N) is 1. The lowest BCUT2D eigenvalue weighted by atomic mass is 10.2. The zero-order chi connectivity index (χ0) is 15.6. The van der Waals surface area contributed by atoms with Gasteiger partial charge in [0.2, 0.25) is 5.91 Å². The van der Waals surface area contributed by atoms with E-state index < -0.39 is 0 Å². The summed E-state index contributed by atoms with van der Waals surface area (Å²) in [6.45, 7) is 6.98. The summed E-state index contributed by atoms with van der Waals surface area (Å²) < 4.78 is 0. The average molecular weight is 311 g/mol. The highest BCUT2D eigenvalue weighted by Crippen LogP contribution is 2.39. The van der Waals surface area contributed by atoms with Gasteiger partial charge < -0.3 is 10.2 Å². The van der Waals surface area contributed by atoms with Crippen LogP contribution in [0.1, 0.15) is 44.0 Å². The SMILES string of the molecule is Cc1c(Cl)nc(C2CC2)nc1N(C)CC(=O)NCC(C)C. The molecule has 116 valence electrons. The molecule has 1 aromatic heterocycles. The van der Waals surface area contributed by atoms with E-state index in [-0.39, 0.29) is 12.5 Å². The van der Waals surface area contributed by atoms with E-state index in [9.17, 15) is 4.79 Å². The van der Waals surface area contributed by atoms with Gasteiger partial charge in [-0.3, -0.25) is 4.79 Å². The molecule has 0 radical (unpaired) electrons. The van der Waals surface area contributed by atoms with Crippen LogP contribution in [0.15, 0.2) is 0 Å². The van der Waals surface area contributed by atoms with Crippen LogP contribution in [0.3, 0.4) is 0 Å². The first-order valence-electron chi connectivity index (χ1n) is 7.40. The average Bonchev–Trinajstić information content (AvgIpc) is 3.23. The summed E-state index contributed by atoms with van der Waals surface area (Å²) in [5.74, 6) is 2.42. The van der Waals surface area contributed by atoms with Gasteiger partial charge in [-0.05, 0) is 25.7 Å². The second kappa shape index (κ2) is 6.60. The van der Waals surface area contributed by atoms with Crippen molar-refractivity contribution in [3.63, 3.8) is 0 Å². The van der Waals surface area contributed by atoms with E-state index in [0.29, 0.717) is 23.5 Å². The maximum absolute atomic E-state index is 11.9. The Morgan fingerprint density at radius 2 is 2.10 bits per heavy atom. The molecule has 1 heterocycles. The molecule has 0 saturated heterocycles. The molecular formula is C15H23ClN4O. The molecule has 6 heteroatoms. The monoisotopic (exact) mass is 310 g/mol. The lowest BCUT2D eigenvalue weighted by Gasteiger charge is -2.21. The molecule has 0 bridgehead atoms. The van der Waals surface area contributed by atoms with Gasteiger partial charge in [-0.15, -0.1) is 0 Å². The zero-order valence-electron chi connectivity index (χ0n) is 13.1. The Morgan fingerprint density at radius 3 is 2.67 bits per heavy atom. The molecule has 1 aliphatic rings. The van der Waals surface area contributed by atoms with Gasteiger partial charge in [-0.1, -0.05) is 25.4 Å². The summed E-state index contributed by atoms with van der Waals surface area (Å²) in [5, 5.41) is 3.39. The highest BCUT2D eigenvalue weighted by molar-refractivity contribution is 6.30. The quantitative estimate of drug-likeness (QED) is 0.820. The number of carbonyl (C=O) groups is 1. The molecule has 0 aliphatic heterocycles. The van der Waals surface area contributed by atoms with Gasteiger partial charge in [-0.2, -0.15) is 0 Å². The van der Waals surface area contributed by atoms with Crippen molar-refractivity contribution in [3.8, 4) is 0 Å². The van der Waals surface area contributed by atoms with Crippen LogP contribution in [0.5, 0.6) is 0 Å². The number of hydrogen-bond acceptors (Lipinski definition) is 4. The number of anilines is 1. The molecule has 1 saturated carbocycles. The van der Waals surface area contributed by atoms with Crippen LogP contribution < -0.4 is 10.2 Å². The predicted molar refractivity (Wildman–Crippen MR) is 84.9 cm³/mol. The molecule has 21 heavy (non-hydrogen) atoms. The zero-order valence-corrected chi connectivity index (χ0v) is 13.9. The minimum absolute atomic E-state index is 0.00620. The number of nitrogens with zero attached hydrogens (tertiary/aromatic N) is 3. The number of carbonyl (C=O) groups excluding carboxylic acids is 1. The van der Waals surface area contributed by atoms with Crippen LogP contribution in [-0.2, 0) is 4.79 Å². The summed E-state index contributed by atoms with van der Waals surface area (Å²) in [5.41, 5.74) is 0.820. The van der Waals surface area contributed by atoms with Crippen molar-refractivity contribution in [1.29, 1.82) is 0 Å². The highest BCUT2D eigenvalue weighted by atomic mass is 35.5. The predicted octanol–water partition coefficient (Wildman–Crippen LogP) is 2.52. The molecule has 0 aromatic carbocycles. The van der Waals surface area contributed by atoms with Gasteiger partial charge in [0.25, 0.3) is 0 Å². The van der Waals surface area contributed by atoms with Crippen LogP contribution in [-0.4, -0.2) is 36.0 Å². The molecule has 0 unspecified atom stereocenters. The molecule has 1 aromatic rings. The maximum atomic E-state index is 11.9. The summed E-state index contributed by atoms with van der Waals surface area (Å²) in [6, 6.07) is 0. The minimum Gasteiger partial charge on any atom is -0.354 e. The number of halogens is 1. The third kappa shape index (κ3) is 4.30. The van der Waals surface area contributed by atoms with E-state index >= 15 is 0 Å². The molecule has 1 aliphatic carbocycles. The minimum atomic E-state index is -0.00620. The number of amides is 1. The second-order valence-corrected chi connectivity index (χ2v) is 6.51. The molecule has 1 amide bonds. The third-order valence-corrected chi connectivity index (χ3v) is 3.84. The number of likely N-dealkylation sites (N-methyl/N-ethyl adjacent to an activating group) is 1. The third-order valence-electron chi connectivity index (χ3n) is 3.47. The van der Waals surface area contributed by atoms with Crippen LogP contribution in [0.2, 0.25) is 5.15 Å². The Labute approximate surface area is 131 Å². The van der Waals surface area contributed by atoms with Crippen LogP contribution in [0, 0.1) is 12.8 Å². The lowest BCUT2D eigenvalue weighted by Crippen LogP contribution is -2.37. The largest absolute Gasteiger partial charge is 0.354 e. The fourth-order valence-corrected chi connectivity index (χ4v) is 2.23. The first kappa shape index (κ1) is 16.0. The van der Waals surface area contributed by atoms with Gasteiger partial charge in [-0.25, -0.2) is 9.97 Å². The summed E-state index contributed by atoms with van der Waals surface area (Å²) in [6.07, 6.45) is 2.24. The molecule has 5 nitrogen and oxygen atoms in total. The van der Waals surface area contributed by atoms with E-state index in [1.54, 1.807) is 0 Å². The molecule has 0 spiro atoms. The summed E-state index contributed by atoms with van der Waals surface area (Å²) in [7, 11) is 1.86. The van der Waals surface area contributed by atoms with Crippen molar-refractivity contribution in [2.45, 2.75) is 39.5 Å².